The van der Waals surface area contributed by atoms with Crippen molar-refractivity contribution in [2.75, 3.05) is 0 Å². The predicted octanol–water partition coefficient (Wildman–Crippen LogP) is 1.21. The molecule has 0 amide bonds. The molecule has 1 aromatic heterocycles. The molecule has 4 nitrogen and oxygen atoms in total. The van der Waals surface area contributed by atoms with E-state index >= 15 is 0 Å². The van der Waals surface area contributed by atoms with E-state index < -0.39 is 0 Å². The van der Waals surface area contributed by atoms with Crippen molar-refractivity contribution in [1.82, 2.24) is 14.8 Å². The van der Waals surface area contributed by atoms with Crippen LogP contribution < -0.4 is 5.73 Å². The lowest BCUT2D eigenvalue weighted by atomic mass is 9.77. The Morgan fingerprint density at radius 2 is 2.14 bits per heavy atom. The van der Waals surface area contributed by atoms with Gasteiger partial charge in [0.05, 0.1) is 6.04 Å². The van der Waals surface area contributed by atoms with Crippen molar-refractivity contribution in [2.45, 2.75) is 38.8 Å². The van der Waals surface area contributed by atoms with Gasteiger partial charge in [0.2, 0.25) is 0 Å². The van der Waals surface area contributed by atoms with Gasteiger partial charge in [-0.25, -0.2) is 9.67 Å². The Kier molecular flexibility index (Phi) is 2.54. The minimum atomic E-state index is 0.218. The van der Waals surface area contributed by atoms with Crippen LogP contribution in [0.4, 0.5) is 0 Å². The highest BCUT2D eigenvalue weighted by atomic mass is 15.3. The second-order valence-corrected chi connectivity index (χ2v) is 4.58. The van der Waals surface area contributed by atoms with E-state index in [1.807, 2.05) is 4.68 Å². The Labute approximate surface area is 84.5 Å². The van der Waals surface area contributed by atoms with Crippen molar-refractivity contribution >= 4 is 0 Å². The van der Waals surface area contributed by atoms with Gasteiger partial charge in [0, 0.05) is 6.04 Å². The first-order chi connectivity index (χ1) is 6.68. The molecule has 0 aliphatic heterocycles. The molecule has 0 aromatic carbocycles. The minimum absolute atomic E-state index is 0.218. The molecule has 1 aliphatic carbocycles. The predicted molar refractivity (Wildman–Crippen MR) is 54.6 cm³/mol. The third-order valence-electron chi connectivity index (χ3n) is 3.21. The van der Waals surface area contributed by atoms with Crippen molar-refractivity contribution in [3.63, 3.8) is 0 Å². The molecule has 1 heterocycles. The summed E-state index contributed by atoms with van der Waals surface area (Å²) in [5.74, 6) is 1.33. The van der Waals surface area contributed by atoms with Gasteiger partial charge in [-0.05, 0) is 24.7 Å². The highest BCUT2D eigenvalue weighted by Gasteiger charge is 2.33. The Balaban J connectivity index is 2.18. The summed E-state index contributed by atoms with van der Waals surface area (Å²) in [6.45, 7) is 4.52. The second-order valence-electron chi connectivity index (χ2n) is 4.58. The van der Waals surface area contributed by atoms with Gasteiger partial charge < -0.3 is 5.73 Å². The van der Waals surface area contributed by atoms with Crippen LogP contribution in [0, 0.1) is 11.8 Å². The van der Waals surface area contributed by atoms with Crippen LogP contribution in [0.3, 0.4) is 0 Å². The number of hydrogen-bond donors (Lipinski definition) is 1. The van der Waals surface area contributed by atoms with Crippen LogP contribution in [0.5, 0.6) is 0 Å². The van der Waals surface area contributed by atoms with Crippen molar-refractivity contribution in [3.05, 3.63) is 12.7 Å². The zero-order valence-electron chi connectivity index (χ0n) is 8.80. The lowest BCUT2D eigenvalue weighted by molar-refractivity contribution is 0.166. The monoisotopic (exact) mass is 194 g/mol. The van der Waals surface area contributed by atoms with Gasteiger partial charge in [-0.2, -0.15) is 5.10 Å². The topological polar surface area (TPSA) is 56.7 Å². The lowest BCUT2D eigenvalue weighted by Crippen LogP contribution is -2.42. The van der Waals surface area contributed by atoms with Gasteiger partial charge in [-0.15, -0.1) is 0 Å². The first-order valence-electron chi connectivity index (χ1n) is 5.28. The van der Waals surface area contributed by atoms with E-state index in [0.29, 0.717) is 12.0 Å². The van der Waals surface area contributed by atoms with Crippen LogP contribution in [0.15, 0.2) is 12.7 Å². The first-order valence-corrected chi connectivity index (χ1v) is 5.28. The number of aromatic nitrogens is 3. The quantitative estimate of drug-likeness (QED) is 0.731. The third kappa shape index (κ3) is 1.66. The molecule has 4 atom stereocenters. The number of nitrogens with zero attached hydrogens (tertiary/aromatic N) is 3. The van der Waals surface area contributed by atoms with Crippen LogP contribution in [0.1, 0.15) is 32.7 Å². The normalized spacial score (nSPS) is 38.5. The molecule has 0 spiro atoms. The fraction of sp³-hybridized carbons (Fsp3) is 0.800. The summed E-state index contributed by atoms with van der Waals surface area (Å²) in [4.78, 5) is 3.98. The Hall–Kier alpha value is -0.900. The molecule has 14 heavy (non-hydrogen) atoms. The smallest absolute Gasteiger partial charge is 0.137 e. The molecule has 0 saturated heterocycles. The summed E-state index contributed by atoms with van der Waals surface area (Å²) in [5.41, 5.74) is 6.16. The van der Waals surface area contributed by atoms with Gasteiger partial charge in [0.15, 0.2) is 0 Å². The Bertz CT molecular complexity index is 270. The molecule has 1 fully saturated rings. The summed E-state index contributed by atoms with van der Waals surface area (Å²) in [6.07, 6.45) is 5.68. The molecule has 1 aliphatic rings. The van der Waals surface area contributed by atoms with Crippen molar-refractivity contribution in [3.8, 4) is 0 Å². The number of nitrogens with two attached hydrogens (primary N) is 1. The van der Waals surface area contributed by atoms with E-state index in [1.54, 1.807) is 12.7 Å². The van der Waals surface area contributed by atoms with E-state index in [-0.39, 0.29) is 6.04 Å². The van der Waals surface area contributed by atoms with Gasteiger partial charge in [-0.3, -0.25) is 0 Å². The summed E-state index contributed by atoms with van der Waals surface area (Å²) in [7, 11) is 0. The molecule has 2 N–H and O–H groups in total. The van der Waals surface area contributed by atoms with Crippen molar-refractivity contribution < 1.29 is 0 Å². The molecule has 1 aromatic rings. The highest BCUT2D eigenvalue weighted by Crippen LogP contribution is 2.35. The van der Waals surface area contributed by atoms with Gasteiger partial charge >= 0.3 is 0 Å². The van der Waals surface area contributed by atoms with E-state index in [0.717, 1.165) is 12.3 Å². The second kappa shape index (κ2) is 3.69. The Morgan fingerprint density at radius 3 is 2.71 bits per heavy atom. The van der Waals surface area contributed by atoms with Crippen LogP contribution >= 0.6 is 0 Å². The average Bonchev–Trinajstić information content (AvgIpc) is 2.54. The fourth-order valence-corrected chi connectivity index (χ4v) is 2.72. The number of hydrogen-bond acceptors (Lipinski definition) is 3. The van der Waals surface area contributed by atoms with E-state index in [9.17, 15) is 0 Å². The van der Waals surface area contributed by atoms with E-state index in [4.69, 9.17) is 5.73 Å². The summed E-state index contributed by atoms with van der Waals surface area (Å²) in [6, 6.07) is 0.546. The van der Waals surface area contributed by atoms with Crippen molar-refractivity contribution in [2.24, 2.45) is 17.6 Å². The SMILES string of the molecule is CC1CC(C)C(n2cncn2)C(N)C1. The van der Waals surface area contributed by atoms with E-state index in [2.05, 4.69) is 23.9 Å². The zero-order chi connectivity index (χ0) is 10.1. The molecule has 78 valence electrons. The maximum absolute atomic E-state index is 6.16. The lowest BCUT2D eigenvalue weighted by Gasteiger charge is -2.37. The van der Waals surface area contributed by atoms with Gasteiger partial charge in [0.1, 0.15) is 12.7 Å². The molecular formula is C10H18N4. The summed E-state index contributed by atoms with van der Waals surface area (Å²) < 4.78 is 1.92. The maximum atomic E-state index is 6.16. The molecule has 2 rings (SSSR count). The summed E-state index contributed by atoms with van der Waals surface area (Å²) in [5, 5.41) is 4.19. The minimum Gasteiger partial charge on any atom is -0.326 e. The molecule has 4 heteroatoms. The van der Waals surface area contributed by atoms with Crippen LogP contribution in [-0.4, -0.2) is 20.8 Å². The molecule has 0 bridgehead atoms. The average molecular weight is 194 g/mol. The highest BCUT2D eigenvalue weighted by molar-refractivity contribution is 4.89. The zero-order valence-corrected chi connectivity index (χ0v) is 8.80. The van der Waals surface area contributed by atoms with Crippen LogP contribution in [0.2, 0.25) is 0 Å². The molecular weight excluding hydrogens is 176 g/mol. The summed E-state index contributed by atoms with van der Waals surface area (Å²) >= 11 is 0. The number of rotatable bonds is 1. The van der Waals surface area contributed by atoms with E-state index in [1.165, 1.54) is 6.42 Å². The van der Waals surface area contributed by atoms with Gasteiger partial charge in [0.25, 0.3) is 0 Å². The molecule has 0 radical (unpaired) electrons. The largest absolute Gasteiger partial charge is 0.326 e. The fourth-order valence-electron chi connectivity index (χ4n) is 2.72. The first kappa shape index (κ1) is 9.65. The molecule has 4 unspecified atom stereocenters. The van der Waals surface area contributed by atoms with Crippen LogP contribution in [0.25, 0.3) is 0 Å². The van der Waals surface area contributed by atoms with Gasteiger partial charge in [-0.1, -0.05) is 13.8 Å². The standard InChI is InChI=1S/C10H18N4/c1-7-3-8(2)10(9(11)4-7)14-6-12-5-13-14/h5-10H,3-4,11H2,1-2H3. The maximum Gasteiger partial charge on any atom is 0.137 e. The van der Waals surface area contributed by atoms with Crippen molar-refractivity contribution in [1.29, 1.82) is 0 Å². The molecule has 1 saturated carbocycles. The third-order valence-corrected chi connectivity index (χ3v) is 3.21. The van der Waals surface area contributed by atoms with Crippen LogP contribution in [-0.2, 0) is 0 Å². The Morgan fingerprint density at radius 1 is 1.36 bits per heavy atom.